The van der Waals surface area contributed by atoms with Crippen molar-refractivity contribution >= 4 is 27.7 Å². The van der Waals surface area contributed by atoms with Gasteiger partial charge in [-0.1, -0.05) is 50.2 Å². The molecule has 0 radical (unpaired) electrons. The Morgan fingerprint density at radius 1 is 1.00 bits per heavy atom. The zero-order valence-electron chi connectivity index (χ0n) is 24.0. The number of nitrogens with two attached hydrogens (primary N) is 1. The molecule has 0 spiro atoms. The van der Waals surface area contributed by atoms with Crippen LogP contribution in [0.15, 0.2) is 85.1 Å². The highest BCUT2D eigenvalue weighted by molar-refractivity contribution is 6.10. The summed E-state index contributed by atoms with van der Waals surface area (Å²) in [4.78, 5) is 18.7. The Labute approximate surface area is 240 Å². The van der Waals surface area contributed by atoms with E-state index in [0.29, 0.717) is 23.7 Å². The van der Waals surface area contributed by atoms with Crippen LogP contribution in [0.25, 0.3) is 21.8 Å². The first-order valence-electron chi connectivity index (χ1n) is 13.9. The predicted octanol–water partition coefficient (Wildman–Crippen LogP) is 5.98. The van der Waals surface area contributed by atoms with Gasteiger partial charge in [0.1, 0.15) is 24.2 Å². The van der Waals surface area contributed by atoms with E-state index in [0.717, 1.165) is 39.5 Å². The molecule has 5 N–H and O–H groups in total. The number of hydrogen-bond acceptors (Lipinski definition) is 6. The van der Waals surface area contributed by atoms with Crippen molar-refractivity contribution in [2.24, 2.45) is 5.73 Å². The molecule has 0 bridgehead atoms. The molecule has 41 heavy (non-hydrogen) atoms. The molecule has 3 aromatic carbocycles. The average Bonchev–Trinajstić information content (AvgIpc) is 3.37. The maximum absolute atomic E-state index is 11.2. The Morgan fingerprint density at radius 3 is 2.44 bits per heavy atom. The van der Waals surface area contributed by atoms with Crippen LogP contribution in [0.4, 0.5) is 0 Å². The van der Waals surface area contributed by atoms with Gasteiger partial charge in [-0.3, -0.25) is 4.79 Å². The fraction of sp³-hybridized carbons (Fsp3) is 0.273. The SMILES string of the molecule is CC.CC(C)(Cc1ccc(Oc2ccc(C(N)=O)cn2)cc1)NCC(O)COc1cccc2[nH]c3ccccc3c12. The third-order valence-corrected chi connectivity index (χ3v) is 6.55. The molecule has 0 saturated heterocycles. The van der Waals surface area contributed by atoms with Gasteiger partial charge in [0.05, 0.1) is 11.1 Å². The summed E-state index contributed by atoms with van der Waals surface area (Å²) in [7, 11) is 0. The molecule has 1 atom stereocenters. The lowest BCUT2D eigenvalue weighted by molar-refractivity contribution is 0.0995. The minimum atomic E-state index is -0.672. The molecule has 5 aromatic rings. The van der Waals surface area contributed by atoms with E-state index < -0.39 is 12.0 Å². The van der Waals surface area contributed by atoms with Gasteiger partial charge in [-0.2, -0.15) is 0 Å². The van der Waals surface area contributed by atoms with Gasteiger partial charge in [0.25, 0.3) is 0 Å². The molecule has 2 aromatic heterocycles. The number of pyridine rings is 1. The van der Waals surface area contributed by atoms with Gasteiger partial charge in [0, 0.05) is 40.6 Å². The Bertz CT molecular complexity index is 1580. The van der Waals surface area contributed by atoms with E-state index in [4.69, 9.17) is 15.2 Å². The summed E-state index contributed by atoms with van der Waals surface area (Å²) in [6, 6.07) is 25.0. The molecule has 0 aliphatic rings. The van der Waals surface area contributed by atoms with E-state index in [9.17, 15) is 9.90 Å². The largest absolute Gasteiger partial charge is 0.490 e. The molecule has 214 valence electrons. The maximum atomic E-state index is 11.2. The number of carbonyl (C=O) groups is 1. The van der Waals surface area contributed by atoms with Crippen LogP contribution in [-0.4, -0.2) is 45.8 Å². The number of aromatic nitrogens is 2. The van der Waals surface area contributed by atoms with Crippen molar-refractivity contribution in [1.82, 2.24) is 15.3 Å². The first kappa shape index (κ1) is 29.6. The molecule has 8 nitrogen and oxygen atoms in total. The number of nitrogens with one attached hydrogen (secondary N) is 2. The quantitative estimate of drug-likeness (QED) is 0.159. The fourth-order valence-electron chi connectivity index (χ4n) is 4.58. The molecule has 0 saturated carbocycles. The number of hydrogen-bond donors (Lipinski definition) is 4. The monoisotopic (exact) mass is 554 g/mol. The molecule has 0 fully saturated rings. The van der Waals surface area contributed by atoms with Crippen molar-refractivity contribution in [1.29, 1.82) is 0 Å². The van der Waals surface area contributed by atoms with Crippen LogP contribution in [0.5, 0.6) is 17.4 Å². The first-order valence-corrected chi connectivity index (χ1v) is 13.9. The van der Waals surface area contributed by atoms with E-state index in [1.807, 2.05) is 74.5 Å². The highest BCUT2D eigenvalue weighted by Gasteiger charge is 2.20. The lowest BCUT2D eigenvalue weighted by atomic mass is 9.94. The van der Waals surface area contributed by atoms with Crippen molar-refractivity contribution in [3.05, 3.63) is 96.2 Å². The number of primary amides is 1. The number of carbonyl (C=O) groups excluding carboxylic acids is 1. The third-order valence-electron chi connectivity index (χ3n) is 6.55. The Balaban J connectivity index is 0.00000189. The molecule has 2 heterocycles. The average molecular weight is 555 g/mol. The number of rotatable bonds is 11. The Hall–Kier alpha value is -4.40. The Morgan fingerprint density at radius 2 is 1.73 bits per heavy atom. The van der Waals surface area contributed by atoms with Gasteiger partial charge in [-0.15, -0.1) is 0 Å². The van der Waals surface area contributed by atoms with Crippen LogP contribution in [-0.2, 0) is 6.42 Å². The molecule has 1 amide bonds. The third kappa shape index (κ3) is 7.63. The molecule has 0 aliphatic carbocycles. The predicted molar refractivity (Wildman–Crippen MR) is 164 cm³/mol. The molecular weight excluding hydrogens is 516 g/mol. The topological polar surface area (TPSA) is 122 Å². The van der Waals surface area contributed by atoms with Crippen molar-refractivity contribution in [3.63, 3.8) is 0 Å². The normalized spacial score (nSPS) is 12.0. The molecule has 0 aliphatic heterocycles. The number of β-amino-alcohol motifs (C(OH)–C–C–N with tert-alkyl or cyclic N) is 1. The van der Waals surface area contributed by atoms with Crippen molar-refractivity contribution < 1.29 is 19.4 Å². The summed E-state index contributed by atoms with van der Waals surface area (Å²) in [5, 5.41) is 16.2. The zero-order chi connectivity index (χ0) is 29.4. The van der Waals surface area contributed by atoms with Crippen molar-refractivity contribution in [2.45, 2.75) is 45.8 Å². The Kier molecular flexibility index (Phi) is 9.60. The van der Waals surface area contributed by atoms with Gasteiger partial charge in [-0.05, 0) is 62.2 Å². The van der Waals surface area contributed by atoms with Crippen LogP contribution in [0.1, 0.15) is 43.6 Å². The second kappa shape index (κ2) is 13.3. The minimum Gasteiger partial charge on any atom is -0.490 e. The van der Waals surface area contributed by atoms with E-state index in [1.165, 1.54) is 6.20 Å². The molecular formula is C33H38N4O4. The summed E-state index contributed by atoms with van der Waals surface area (Å²) in [6.07, 6.45) is 1.47. The smallest absolute Gasteiger partial charge is 0.250 e. The number of aromatic amines is 1. The molecule has 1 unspecified atom stereocenters. The summed E-state index contributed by atoms with van der Waals surface area (Å²) >= 11 is 0. The number of H-pyrrole nitrogens is 1. The standard InChI is InChI=1S/C31H32N4O4.C2H6/c1-31(2,16-20-10-13-23(14-11-20)39-28-15-12-21(17-33-28)30(32)37)34-18-22(36)19-38-27-9-5-8-26-29(27)24-6-3-4-7-25(24)35-26;1-2/h3-15,17,22,34-36H,16,18-19H2,1-2H3,(H2,32,37);1-2H3. The van der Waals surface area contributed by atoms with Crippen molar-refractivity contribution in [2.75, 3.05) is 13.2 Å². The zero-order valence-corrected chi connectivity index (χ0v) is 24.0. The second-order valence-electron chi connectivity index (χ2n) is 10.3. The van der Waals surface area contributed by atoms with E-state index in [-0.39, 0.29) is 12.1 Å². The highest BCUT2D eigenvalue weighted by Crippen LogP contribution is 2.33. The highest BCUT2D eigenvalue weighted by atomic mass is 16.5. The summed E-state index contributed by atoms with van der Waals surface area (Å²) in [6.45, 7) is 8.77. The van der Waals surface area contributed by atoms with Crippen molar-refractivity contribution in [3.8, 4) is 17.4 Å². The number of fused-ring (bicyclic) bond motifs is 3. The number of amides is 1. The second-order valence-corrected chi connectivity index (χ2v) is 10.3. The van der Waals surface area contributed by atoms with Crippen LogP contribution in [0, 0.1) is 0 Å². The van der Waals surface area contributed by atoms with Crippen LogP contribution in [0.2, 0.25) is 0 Å². The first-order chi connectivity index (χ1) is 19.8. The molecule has 8 heteroatoms. The van der Waals surface area contributed by atoms with Gasteiger partial charge < -0.3 is 30.6 Å². The lowest BCUT2D eigenvalue weighted by Crippen LogP contribution is -2.46. The lowest BCUT2D eigenvalue weighted by Gasteiger charge is -2.28. The van der Waals surface area contributed by atoms with E-state index in [1.54, 1.807) is 12.1 Å². The number of nitrogens with zero attached hydrogens (tertiary/aromatic N) is 1. The summed E-state index contributed by atoms with van der Waals surface area (Å²) in [5.74, 6) is 1.25. The van der Waals surface area contributed by atoms with Gasteiger partial charge in [-0.25, -0.2) is 4.98 Å². The van der Waals surface area contributed by atoms with Gasteiger partial charge in [0.15, 0.2) is 0 Å². The number of aliphatic hydroxyl groups is 1. The van der Waals surface area contributed by atoms with Gasteiger partial charge in [0.2, 0.25) is 11.8 Å². The summed E-state index contributed by atoms with van der Waals surface area (Å²) < 4.78 is 11.8. The number of ether oxygens (including phenoxy) is 2. The summed E-state index contributed by atoms with van der Waals surface area (Å²) in [5.41, 5.74) is 8.50. The van der Waals surface area contributed by atoms with Gasteiger partial charge >= 0.3 is 0 Å². The fourth-order valence-corrected chi connectivity index (χ4v) is 4.58. The van der Waals surface area contributed by atoms with Crippen LogP contribution in [0.3, 0.4) is 0 Å². The molecule has 5 rings (SSSR count). The number of aliphatic hydroxyl groups excluding tert-OH is 1. The maximum Gasteiger partial charge on any atom is 0.250 e. The van der Waals surface area contributed by atoms with Crippen LogP contribution >= 0.6 is 0 Å². The van der Waals surface area contributed by atoms with E-state index >= 15 is 0 Å². The van der Waals surface area contributed by atoms with Crippen LogP contribution < -0.4 is 20.5 Å². The minimum absolute atomic E-state index is 0.183. The number of benzene rings is 3. The number of para-hydroxylation sites is 1. The van der Waals surface area contributed by atoms with E-state index in [2.05, 4.69) is 35.2 Å².